The zero-order chi connectivity index (χ0) is 19.3. The van der Waals surface area contributed by atoms with Gasteiger partial charge in [-0.15, -0.1) is 24.0 Å². The molecule has 1 fully saturated rings. The van der Waals surface area contributed by atoms with E-state index in [-0.39, 0.29) is 41.5 Å². The summed E-state index contributed by atoms with van der Waals surface area (Å²) in [6.07, 6.45) is 0.885. The Morgan fingerprint density at radius 1 is 1.30 bits per heavy atom. The number of halogens is 1. The molecule has 0 bridgehead atoms. The van der Waals surface area contributed by atoms with Crippen LogP contribution in [0.1, 0.15) is 23.9 Å². The summed E-state index contributed by atoms with van der Waals surface area (Å²) in [6.45, 7) is 9.05. The third kappa shape index (κ3) is 7.22. The molecule has 1 unspecified atom stereocenters. The van der Waals surface area contributed by atoms with Crippen LogP contribution in [0.2, 0.25) is 0 Å². The van der Waals surface area contributed by atoms with E-state index in [4.69, 9.17) is 0 Å². The molecule has 1 saturated heterocycles. The van der Waals surface area contributed by atoms with Crippen molar-refractivity contribution >= 4 is 39.8 Å². The lowest BCUT2D eigenvalue weighted by atomic mass is 10.1. The van der Waals surface area contributed by atoms with E-state index >= 15 is 0 Å². The number of sulfone groups is 1. The maximum atomic E-state index is 11.5. The fourth-order valence-corrected chi connectivity index (χ4v) is 4.48. The molecule has 1 aliphatic heterocycles. The quantitative estimate of drug-likeness (QED) is 0.328. The fraction of sp³-hybridized carbons (Fsp3) is 0.765. The van der Waals surface area contributed by atoms with E-state index in [1.807, 2.05) is 18.7 Å². The van der Waals surface area contributed by atoms with Gasteiger partial charge in [-0.1, -0.05) is 0 Å². The average Bonchev–Trinajstić information content (AvgIpc) is 2.81. The monoisotopic (exact) mass is 512 g/mol. The largest absolute Gasteiger partial charge is 0.355 e. The maximum absolute atomic E-state index is 11.5. The molecule has 10 heteroatoms. The van der Waals surface area contributed by atoms with Crippen molar-refractivity contribution in [2.24, 2.45) is 12.0 Å². The molecule has 0 radical (unpaired) electrons. The summed E-state index contributed by atoms with van der Waals surface area (Å²) < 4.78 is 24.9. The summed E-state index contributed by atoms with van der Waals surface area (Å²) in [5.41, 5.74) is 3.54. The van der Waals surface area contributed by atoms with Crippen LogP contribution in [0.3, 0.4) is 0 Å². The summed E-state index contributed by atoms with van der Waals surface area (Å²) in [4.78, 5) is 6.46. The first-order chi connectivity index (χ1) is 12.2. The number of rotatable bonds is 6. The minimum Gasteiger partial charge on any atom is -0.355 e. The van der Waals surface area contributed by atoms with E-state index < -0.39 is 9.84 Å². The molecule has 2 heterocycles. The van der Waals surface area contributed by atoms with Crippen LogP contribution in [0, 0.1) is 13.8 Å². The first-order valence-corrected chi connectivity index (χ1v) is 10.9. The first kappa shape index (κ1) is 24.2. The molecule has 0 aliphatic carbocycles. The molecule has 156 valence electrons. The van der Waals surface area contributed by atoms with Gasteiger partial charge in [-0.05, 0) is 32.8 Å². The van der Waals surface area contributed by atoms with Gasteiger partial charge in [0.15, 0.2) is 15.8 Å². The molecule has 2 N–H and O–H groups in total. The molecule has 0 spiro atoms. The second kappa shape index (κ2) is 10.6. The molecule has 27 heavy (non-hydrogen) atoms. The van der Waals surface area contributed by atoms with Gasteiger partial charge in [-0.2, -0.15) is 5.10 Å². The van der Waals surface area contributed by atoms with E-state index in [2.05, 4.69) is 39.5 Å². The van der Waals surface area contributed by atoms with Gasteiger partial charge in [-0.25, -0.2) is 8.42 Å². The number of nitrogens with one attached hydrogen (secondary N) is 2. The van der Waals surface area contributed by atoms with Crippen LogP contribution in [-0.4, -0.2) is 79.8 Å². The Morgan fingerprint density at radius 2 is 1.93 bits per heavy atom. The molecule has 8 nitrogen and oxygen atoms in total. The topological polar surface area (TPSA) is 91.6 Å². The number of aryl methyl sites for hydroxylation is 2. The summed E-state index contributed by atoms with van der Waals surface area (Å²) in [5.74, 6) is 1.29. The molecule has 0 saturated carbocycles. The van der Waals surface area contributed by atoms with Crippen LogP contribution in [0.5, 0.6) is 0 Å². The molecule has 1 aromatic rings. The van der Waals surface area contributed by atoms with Crippen LogP contribution >= 0.6 is 24.0 Å². The summed E-state index contributed by atoms with van der Waals surface area (Å²) in [6, 6.07) is 0.225. The first-order valence-electron chi connectivity index (χ1n) is 9.11. The summed E-state index contributed by atoms with van der Waals surface area (Å²) in [7, 11) is 0.911. The number of nitrogens with zero attached hydrogens (tertiary/aromatic N) is 4. The normalized spacial score (nSPS) is 18.6. The van der Waals surface area contributed by atoms with Crippen molar-refractivity contribution in [2.75, 3.05) is 44.7 Å². The van der Waals surface area contributed by atoms with E-state index in [1.165, 1.54) is 11.3 Å². The van der Waals surface area contributed by atoms with Gasteiger partial charge in [-0.3, -0.25) is 14.6 Å². The number of aromatic nitrogens is 2. The minimum absolute atomic E-state index is 0. The van der Waals surface area contributed by atoms with Crippen molar-refractivity contribution in [3.8, 4) is 0 Å². The van der Waals surface area contributed by atoms with Gasteiger partial charge in [0.25, 0.3) is 0 Å². The van der Waals surface area contributed by atoms with E-state index in [0.717, 1.165) is 31.2 Å². The van der Waals surface area contributed by atoms with Crippen molar-refractivity contribution in [1.82, 2.24) is 25.3 Å². The number of aliphatic imine (C=N–C) groups is 1. The Balaban J connectivity index is 0.00000364. The molecular weight excluding hydrogens is 479 g/mol. The highest BCUT2D eigenvalue weighted by Crippen LogP contribution is 2.14. The molecular formula is C17H33IN6O2S. The van der Waals surface area contributed by atoms with Crippen LogP contribution in [0.4, 0.5) is 0 Å². The van der Waals surface area contributed by atoms with Crippen molar-refractivity contribution < 1.29 is 8.42 Å². The summed E-state index contributed by atoms with van der Waals surface area (Å²) in [5, 5.41) is 11.2. The second-order valence-electron chi connectivity index (χ2n) is 7.01. The van der Waals surface area contributed by atoms with E-state index in [1.54, 1.807) is 7.05 Å². The zero-order valence-corrected chi connectivity index (χ0v) is 20.1. The highest BCUT2D eigenvalue weighted by atomic mass is 127. The third-order valence-corrected chi connectivity index (χ3v) is 6.54. The Hall–Kier alpha value is -0.880. The van der Waals surface area contributed by atoms with Gasteiger partial charge >= 0.3 is 0 Å². The number of hydrogen-bond donors (Lipinski definition) is 2. The molecule has 1 atom stereocenters. The molecule has 2 rings (SSSR count). The number of hydrogen-bond acceptors (Lipinski definition) is 5. The number of guanidine groups is 1. The zero-order valence-electron chi connectivity index (χ0n) is 16.9. The van der Waals surface area contributed by atoms with Crippen molar-refractivity contribution in [3.63, 3.8) is 0 Å². The van der Waals surface area contributed by atoms with Crippen LogP contribution in [0.25, 0.3) is 0 Å². The lowest BCUT2D eigenvalue weighted by Crippen LogP contribution is -2.47. The van der Waals surface area contributed by atoms with Crippen LogP contribution in [-0.2, 0) is 23.3 Å². The van der Waals surface area contributed by atoms with Gasteiger partial charge in [0.2, 0.25) is 0 Å². The Kier molecular flexibility index (Phi) is 9.49. The van der Waals surface area contributed by atoms with Crippen molar-refractivity contribution in [1.29, 1.82) is 0 Å². The second-order valence-corrected chi connectivity index (χ2v) is 9.32. The highest BCUT2D eigenvalue weighted by molar-refractivity contribution is 14.0. The molecule has 1 aromatic heterocycles. The van der Waals surface area contributed by atoms with E-state index in [9.17, 15) is 8.42 Å². The van der Waals surface area contributed by atoms with Gasteiger partial charge < -0.3 is 10.6 Å². The van der Waals surface area contributed by atoms with Crippen molar-refractivity contribution in [2.45, 2.75) is 33.2 Å². The lowest BCUT2D eigenvalue weighted by Gasteiger charge is -2.27. The molecule has 0 aromatic carbocycles. The lowest BCUT2D eigenvalue weighted by molar-refractivity contribution is 0.299. The molecule has 1 aliphatic rings. The highest BCUT2D eigenvalue weighted by Gasteiger charge is 2.21. The summed E-state index contributed by atoms with van der Waals surface area (Å²) >= 11 is 0. The SMILES string of the molecule is CN=C(NCCN1CCS(=O)(=O)CC1)NC(C)Cc1c(C)nn(C)c1C.I. The van der Waals surface area contributed by atoms with Gasteiger partial charge in [0, 0.05) is 52.0 Å². The Labute approximate surface area is 180 Å². The fourth-order valence-electron chi connectivity index (χ4n) is 3.20. The standard InChI is InChI=1S/C17H32N6O2S.HI/c1-13(12-16-14(2)21-22(5)15(16)3)20-17(18-4)19-6-7-23-8-10-26(24,25)11-9-23;/h13H,6-12H2,1-5H3,(H2,18,19,20);1H. The predicted octanol–water partition coefficient (Wildman–Crippen LogP) is 0.481. The van der Waals surface area contributed by atoms with E-state index in [0.29, 0.717) is 13.1 Å². The predicted molar refractivity (Wildman–Crippen MR) is 121 cm³/mol. The maximum Gasteiger partial charge on any atom is 0.191 e. The Bertz CT molecular complexity index is 733. The van der Waals surface area contributed by atoms with Gasteiger partial charge in [0.05, 0.1) is 17.2 Å². The smallest absolute Gasteiger partial charge is 0.191 e. The third-order valence-electron chi connectivity index (χ3n) is 4.93. The average molecular weight is 512 g/mol. The van der Waals surface area contributed by atoms with Crippen molar-refractivity contribution in [3.05, 3.63) is 17.0 Å². The Morgan fingerprint density at radius 3 is 2.44 bits per heavy atom. The van der Waals surface area contributed by atoms with Crippen LogP contribution < -0.4 is 10.6 Å². The van der Waals surface area contributed by atoms with Crippen LogP contribution in [0.15, 0.2) is 4.99 Å². The van der Waals surface area contributed by atoms with Gasteiger partial charge in [0.1, 0.15) is 0 Å². The minimum atomic E-state index is -2.82. The molecule has 0 amide bonds.